The third-order valence-electron chi connectivity index (χ3n) is 1.75. The molecule has 68 valence electrons. The number of nitrogens with zero attached hydrogens (tertiary/aromatic N) is 2. The first-order valence-electron chi connectivity index (χ1n) is 3.59. The molecule has 2 aromatic rings. The van der Waals surface area contributed by atoms with E-state index in [9.17, 15) is 0 Å². The molecule has 0 aliphatic carbocycles. The lowest BCUT2D eigenvalue weighted by Gasteiger charge is -2.03. The first-order chi connectivity index (χ1) is 6.22. The van der Waals surface area contributed by atoms with Gasteiger partial charge in [-0.3, -0.25) is 0 Å². The van der Waals surface area contributed by atoms with Gasteiger partial charge in [0.05, 0.1) is 26.9 Å². The number of pyridine rings is 1. The highest BCUT2D eigenvalue weighted by Gasteiger charge is 2.06. The van der Waals surface area contributed by atoms with Crippen LogP contribution in [0.3, 0.4) is 0 Å². The van der Waals surface area contributed by atoms with Crippen molar-refractivity contribution in [3.8, 4) is 5.75 Å². The summed E-state index contributed by atoms with van der Waals surface area (Å²) in [6, 6.07) is 1.96. The van der Waals surface area contributed by atoms with Crippen LogP contribution < -0.4 is 4.74 Å². The minimum atomic E-state index is 0.825. The zero-order valence-electron chi connectivity index (χ0n) is 6.79. The highest BCUT2D eigenvalue weighted by atomic mass is 127. The maximum Gasteiger partial charge on any atom is 0.136 e. The van der Waals surface area contributed by atoms with Gasteiger partial charge in [-0.2, -0.15) is 5.10 Å². The number of hydrogen-bond acceptors (Lipinski definition) is 2. The first-order valence-corrected chi connectivity index (χ1v) is 5.46. The molecule has 0 radical (unpaired) electrons. The van der Waals surface area contributed by atoms with Crippen LogP contribution in [0.25, 0.3) is 5.52 Å². The number of rotatable bonds is 1. The molecule has 3 nitrogen and oxygen atoms in total. The second-order valence-electron chi connectivity index (χ2n) is 2.51. The van der Waals surface area contributed by atoms with Gasteiger partial charge < -0.3 is 4.74 Å². The summed E-state index contributed by atoms with van der Waals surface area (Å²) in [4.78, 5) is 0. The van der Waals surface area contributed by atoms with Crippen LogP contribution in [-0.2, 0) is 0 Å². The number of fused-ring (bicyclic) bond motifs is 1. The van der Waals surface area contributed by atoms with Gasteiger partial charge in [0.25, 0.3) is 0 Å². The van der Waals surface area contributed by atoms with Crippen molar-refractivity contribution in [1.29, 1.82) is 0 Å². The van der Waals surface area contributed by atoms with E-state index in [-0.39, 0.29) is 0 Å². The molecule has 2 aromatic heterocycles. The highest BCUT2D eigenvalue weighted by molar-refractivity contribution is 14.1. The number of hydrogen-bond donors (Lipinski definition) is 0. The molecule has 0 fully saturated rings. The fraction of sp³-hybridized carbons (Fsp3) is 0.125. The average Bonchev–Trinajstić information content (AvgIpc) is 2.46. The van der Waals surface area contributed by atoms with Gasteiger partial charge in [0.15, 0.2) is 0 Å². The van der Waals surface area contributed by atoms with E-state index in [4.69, 9.17) is 4.74 Å². The molecule has 2 heterocycles. The van der Waals surface area contributed by atoms with Gasteiger partial charge in [0.1, 0.15) is 5.75 Å². The molecule has 0 unspecified atom stereocenters. The summed E-state index contributed by atoms with van der Waals surface area (Å²) >= 11 is 5.64. The van der Waals surface area contributed by atoms with Gasteiger partial charge >= 0.3 is 0 Å². The summed E-state index contributed by atoms with van der Waals surface area (Å²) in [6.45, 7) is 0. The summed E-state index contributed by atoms with van der Waals surface area (Å²) in [5, 5.41) is 4.18. The Balaban J connectivity index is 2.77. The Morgan fingerprint density at radius 2 is 2.38 bits per heavy atom. The molecular weight excluding hydrogens is 347 g/mol. The molecule has 0 atom stereocenters. The SMILES string of the molecule is COc1cc2c(I)cnn2cc1Br. The van der Waals surface area contributed by atoms with Crippen LogP contribution in [-0.4, -0.2) is 16.7 Å². The number of halogens is 2. The van der Waals surface area contributed by atoms with Crippen molar-refractivity contribution < 1.29 is 4.74 Å². The Hall–Kier alpha value is -0.300. The van der Waals surface area contributed by atoms with Crippen LogP contribution in [0.1, 0.15) is 0 Å². The Morgan fingerprint density at radius 1 is 1.62 bits per heavy atom. The van der Waals surface area contributed by atoms with Gasteiger partial charge in [0, 0.05) is 12.3 Å². The molecular formula is C8H6BrIN2O. The minimum absolute atomic E-state index is 0.825. The summed E-state index contributed by atoms with van der Waals surface area (Å²) < 4.78 is 9.02. The van der Waals surface area contributed by atoms with Crippen molar-refractivity contribution in [2.45, 2.75) is 0 Å². The smallest absolute Gasteiger partial charge is 0.136 e. The molecule has 5 heteroatoms. The fourth-order valence-corrected chi connectivity index (χ4v) is 2.11. The Morgan fingerprint density at radius 3 is 3.08 bits per heavy atom. The predicted molar refractivity (Wildman–Crippen MR) is 62.2 cm³/mol. The van der Waals surface area contributed by atoms with E-state index in [2.05, 4.69) is 43.6 Å². The summed E-state index contributed by atoms with van der Waals surface area (Å²) in [5.41, 5.74) is 1.06. The molecule has 0 aliphatic rings. The monoisotopic (exact) mass is 352 g/mol. The van der Waals surface area contributed by atoms with Crippen LogP contribution in [0, 0.1) is 3.57 Å². The summed E-state index contributed by atoms with van der Waals surface area (Å²) in [6.07, 6.45) is 3.71. The van der Waals surface area contributed by atoms with E-state index in [0.717, 1.165) is 19.3 Å². The lowest BCUT2D eigenvalue weighted by atomic mass is 10.4. The van der Waals surface area contributed by atoms with E-state index in [1.54, 1.807) is 7.11 Å². The van der Waals surface area contributed by atoms with Gasteiger partial charge in [-0.1, -0.05) is 0 Å². The van der Waals surface area contributed by atoms with Gasteiger partial charge in [0.2, 0.25) is 0 Å². The van der Waals surface area contributed by atoms with Gasteiger partial charge in [-0.15, -0.1) is 0 Å². The van der Waals surface area contributed by atoms with E-state index < -0.39 is 0 Å². The number of ether oxygens (including phenoxy) is 1. The molecule has 0 saturated carbocycles. The van der Waals surface area contributed by atoms with Crippen molar-refractivity contribution in [1.82, 2.24) is 9.61 Å². The summed E-state index contributed by atoms with van der Waals surface area (Å²) in [5.74, 6) is 0.825. The molecule has 0 aromatic carbocycles. The molecule has 2 rings (SSSR count). The second kappa shape index (κ2) is 3.45. The maximum atomic E-state index is 5.19. The van der Waals surface area contributed by atoms with Gasteiger partial charge in [-0.05, 0) is 38.5 Å². The topological polar surface area (TPSA) is 26.5 Å². The molecule has 0 bridgehead atoms. The third-order valence-corrected chi connectivity index (χ3v) is 3.17. The minimum Gasteiger partial charge on any atom is -0.495 e. The van der Waals surface area contributed by atoms with Gasteiger partial charge in [-0.25, -0.2) is 4.52 Å². The van der Waals surface area contributed by atoms with Crippen molar-refractivity contribution in [2.75, 3.05) is 7.11 Å². The fourth-order valence-electron chi connectivity index (χ4n) is 1.11. The van der Waals surface area contributed by atoms with Crippen molar-refractivity contribution in [2.24, 2.45) is 0 Å². The Kier molecular flexibility index (Phi) is 2.46. The number of aromatic nitrogens is 2. The van der Waals surface area contributed by atoms with Crippen molar-refractivity contribution >= 4 is 44.0 Å². The Bertz CT molecular complexity index is 455. The van der Waals surface area contributed by atoms with E-state index in [1.807, 2.05) is 23.0 Å². The zero-order valence-corrected chi connectivity index (χ0v) is 10.5. The molecule has 0 aliphatic heterocycles. The van der Waals surface area contributed by atoms with Crippen LogP contribution in [0.4, 0.5) is 0 Å². The zero-order chi connectivity index (χ0) is 9.42. The second-order valence-corrected chi connectivity index (χ2v) is 4.53. The van der Waals surface area contributed by atoms with E-state index in [1.165, 1.54) is 0 Å². The van der Waals surface area contributed by atoms with E-state index in [0.29, 0.717) is 0 Å². The Labute approximate surface area is 97.3 Å². The highest BCUT2D eigenvalue weighted by Crippen LogP contribution is 2.27. The molecule has 0 spiro atoms. The lowest BCUT2D eigenvalue weighted by molar-refractivity contribution is 0.411. The lowest BCUT2D eigenvalue weighted by Crippen LogP contribution is -1.90. The average molecular weight is 353 g/mol. The quantitative estimate of drug-likeness (QED) is 0.738. The molecule has 0 saturated heterocycles. The molecule has 13 heavy (non-hydrogen) atoms. The maximum absolute atomic E-state index is 5.19. The van der Waals surface area contributed by atoms with Crippen LogP contribution in [0.15, 0.2) is 22.9 Å². The summed E-state index contributed by atoms with van der Waals surface area (Å²) in [7, 11) is 1.65. The molecule has 0 N–H and O–H groups in total. The number of methoxy groups -OCH3 is 1. The van der Waals surface area contributed by atoms with E-state index >= 15 is 0 Å². The van der Waals surface area contributed by atoms with Crippen LogP contribution in [0.2, 0.25) is 0 Å². The van der Waals surface area contributed by atoms with Crippen LogP contribution in [0.5, 0.6) is 5.75 Å². The first kappa shape index (κ1) is 9.26. The largest absolute Gasteiger partial charge is 0.495 e. The predicted octanol–water partition coefficient (Wildman–Crippen LogP) is 2.71. The van der Waals surface area contributed by atoms with Crippen molar-refractivity contribution in [3.05, 3.63) is 26.5 Å². The van der Waals surface area contributed by atoms with Crippen LogP contribution >= 0.6 is 38.5 Å². The van der Waals surface area contributed by atoms with Crippen molar-refractivity contribution in [3.63, 3.8) is 0 Å². The molecule has 0 amide bonds. The third kappa shape index (κ3) is 1.54. The standard InChI is InChI=1S/C8H6BrIN2O/c1-13-8-2-7-6(10)3-11-12(7)4-5(8)9/h2-4H,1H3. The normalized spacial score (nSPS) is 10.7.